The molecule has 2 unspecified atom stereocenters. The SMILES string of the molecule is CCOC1CC(Nc2ccc(N(CC)CC)cc2)C1(C)C. The summed E-state index contributed by atoms with van der Waals surface area (Å²) in [6.07, 6.45) is 1.48. The number of hydrogen-bond donors (Lipinski definition) is 1. The number of benzene rings is 1. The summed E-state index contributed by atoms with van der Waals surface area (Å²) in [5.41, 5.74) is 2.71. The smallest absolute Gasteiger partial charge is 0.0665 e. The molecule has 118 valence electrons. The van der Waals surface area contributed by atoms with Gasteiger partial charge in [-0.05, 0) is 51.5 Å². The van der Waals surface area contributed by atoms with Gasteiger partial charge in [-0.15, -0.1) is 0 Å². The number of ether oxygens (including phenoxy) is 1. The Bertz CT molecular complexity index is 437. The summed E-state index contributed by atoms with van der Waals surface area (Å²) in [6.45, 7) is 13.9. The standard InChI is InChI=1S/C18H30N2O/c1-6-20(7-2)15-11-9-14(10-12-15)19-16-13-17(21-8-3)18(16,4)5/h9-12,16-17,19H,6-8,13H2,1-5H3. The molecule has 0 radical (unpaired) electrons. The van der Waals surface area contributed by atoms with Crippen LogP contribution in [0.25, 0.3) is 0 Å². The van der Waals surface area contributed by atoms with E-state index in [1.165, 1.54) is 11.4 Å². The molecule has 3 nitrogen and oxygen atoms in total. The molecule has 0 bridgehead atoms. The zero-order valence-corrected chi connectivity index (χ0v) is 14.1. The van der Waals surface area contributed by atoms with Crippen LogP contribution in [-0.2, 0) is 4.74 Å². The lowest BCUT2D eigenvalue weighted by molar-refractivity contribution is -0.0975. The predicted molar refractivity (Wildman–Crippen MR) is 91.2 cm³/mol. The maximum absolute atomic E-state index is 5.79. The van der Waals surface area contributed by atoms with Crippen LogP contribution < -0.4 is 10.2 Å². The van der Waals surface area contributed by atoms with Crippen LogP contribution in [0.4, 0.5) is 11.4 Å². The van der Waals surface area contributed by atoms with E-state index in [2.05, 4.69) is 69.1 Å². The molecule has 2 atom stereocenters. The average Bonchev–Trinajstić information content (AvgIpc) is 2.49. The number of nitrogens with zero attached hydrogens (tertiary/aromatic N) is 1. The molecule has 0 aliphatic heterocycles. The molecular weight excluding hydrogens is 260 g/mol. The molecule has 1 N–H and O–H groups in total. The van der Waals surface area contributed by atoms with Gasteiger partial charge in [0.15, 0.2) is 0 Å². The van der Waals surface area contributed by atoms with E-state index >= 15 is 0 Å². The lowest BCUT2D eigenvalue weighted by Gasteiger charge is -2.52. The van der Waals surface area contributed by atoms with Crippen molar-refractivity contribution in [3.05, 3.63) is 24.3 Å². The highest BCUT2D eigenvalue weighted by atomic mass is 16.5. The molecule has 1 aliphatic rings. The second kappa shape index (κ2) is 6.69. The van der Waals surface area contributed by atoms with Crippen molar-refractivity contribution in [1.29, 1.82) is 0 Å². The van der Waals surface area contributed by atoms with Crippen LogP contribution in [0.2, 0.25) is 0 Å². The summed E-state index contributed by atoms with van der Waals surface area (Å²) in [5.74, 6) is 0. The Hall–Kier alpha value is -1.22. The number of anilines is 2. The third kappa shape index (κ3) is 3.34. The van der Waals surface area contributed by atoms with E-state index in [0.29, 0.717) is 12.1 Å². The molecule has 0 heterocycles. The fraction of sp³-hybridized carbons (Fsp3) is 0.667. The number of nitrogens with one attached hydrogen (secondary N) is 1. The van der Waals surface area contributed by atoms with Crippen LogP contribution in [-0.4, -0.2) is 31.8 Å². The molecule has 0 aromatic heterocycles. The molecule has 1 aliphatic carbocycles. The van der Waals surface area contributed by atoms with Crippen molar-refractivity contribution in [3.63, 3.8) is 0 Å². The minimum absolute atomic E-state index is 0.202. The first-order chi connectivity index (χ1) is 10.0. The monoisotopic (exact) mass is 290 g/mol. The van der Waals surface area contributed by atoms with Crippen molar-refractivity contribution < 1.29 is 4.74 Å². The quantitative estimate of drug-likeness (QED) is 0.816. The zero-order valence-electron chi connectivity index (χ0n) is 14.1. The van der Waals surface area contributed by atoms with Gasteiger partial charge in [0, 0.05) is 42.5 Å². The van der Waals surface area contributed by atoms with E-state index in [1.807, 2.05) is 0 Å². The van der Waals surface area contributed by atoms with E-state index < -0.39 is 0 Å². The van der Waals surface area contributed by atoms with Gasteiger partial charge in [0.2, 0.25) is 0 Å². The minimum atomic E-state index is 0.202. The lowest BCUT2D eigenvalue weighted by atomic mass is 9.64. The van der Waals surface area contributed by atoms with Crippen molar-refractivity contribution >= 4 is 11.4 Å². The Morgan fingerprint density at radius 3 is 2.24 bits per heavy atom. The zero-order chi connectivity index (χ0) is 15.5. The van der Waals surface area contributed by atoms with Crippen LogP contribution in [0.15, 0.2) is 24.3 Å². The van der Waals surface area contributed by atoms with Crippen molar-refractivity contribution in [3.8, 4) is 0 Å². The lowest BCUT2D eigenvalue weighted by Crippen LogP contribution is -2.58. The summed E-state index contributed by atoms with van der Waals surface area (Å²) < 4.78 is 5.79. The maximum atomic E-state index is 5.79. The van der Waals surface area contributed by atoms with E-state index in [-0.39, 0.29) is 5.41 Å². The molecule has 21 heavy (non-hydrogen) atoms. The van der Waals surface area contributed by atoms with E-state index in [9.17, 15) is 0 Å². The van der Waals surface area contributed by atoms with Gasteiger partial charge < -0.3 is 15.0 Å². The van der Waals surface area contributed by atoms with Gasteiger partial charge in [-0.1, -0.05) is 13.8 Å². The van der Waals surface area contributed by atoms with Gasteiger partial charge in [-0.25, -0.2) is 0 Å². The summed E-state index contributed by atoms with van der Waals surface area (Å²) in [7, 11) is 0. The summed E-state index contributed by atoms with van der Waals surface area (Å²) >= 11 is 0. The molecule has 1 fully saturated rings. The van der Waals surface area contributed by atoms with Crippen molar-refractivity contribution in [2.75, 3.05) is 29.9 Å². The van der Waals surface area contributed by atoms with Crippen LogP contribution >= 0.6 is 0 Å². The molecule has 0 amide bonds. The Labute approximate surface area is 129 Å². The van der Waals surface area contributed by atoms with Crippen molar-refractivity contribution in [1.82, 2.24) is 0 Å². The van der Waals surface area contributed by atoms with Crippen molar-refractivity contribution in [2.24, 2.45) is 5.41 Å². The average molecular weight is 290 g/mol. The van der Waals surface area contributed by atoms with Gasteiger partial charge in [-0.2, -0.15) is 0 Å². The van der Waals surface area contributed by atoms with Gasteiger partial charge >= 0.3 is 0 Å². The Morgan fingerprint density at radius 1 is 1.14 bits per heavy atom. The first-order valence-corrected chi connectivity index (χ1v) is 8.26. The second-order valence-corrected chi connectivity index (χ2v) is 6.42. The van der Waals surface area contributed by atoms with Crippen LogP contribution in [0.5, 0.6) is 0 Å². The first-order valence-electron chi connectivity index (χ1n) is 8.26. The van der Waals surface area contributed by atoms with Crippen LogP contribution in [0, 0.1) is 5.41 Å². The highest BCUT2D eigenvalue weighted by Gasteiger charge is 2.48. The van der Waals surface area contributed by atoms with Crippen molar-refractivity contribution in [2.45, 2.75) is 53.2 Å². The van der Waals surface area contributed by atoms with Crippen LogP contribution in [0.3, 0.4) is 0 Å². The number of hydrogen-bond acceptors (Lipinski definition) is 3. The molecule has 1 aromatic carbocycles. The summed E-state index contributed by atoms with van der Waals surface area (Å²) in [4.78, 5) is 2.36. The molecule has 1 aromatic rings. The van der Waals surface area contributed by atoms with Gasteiger partial charge in [-0.3, -0.25) is 0 Å². The largest absolute Gasteiger partial charge is 0.382 e. The molecule has 0 saturated heterocycles. The topological polar surface area (TPSA) is 24.5 Å². The third-order valence-electron chi connectivity index (χ3n) is 4.88. The maximum Gasteiger partial charge on any atom is 0.0665 e. The summed E-state index contributed by atoms with van der Waals surface area (Å²) in [6, 6.07) is 9.30. The summed E-state index contributed by atoms with van der Waals surface area (Å²) in [5, 5.41) is 3.66. The second-order valence-electron chi connectivity index (χ2n) is 6.42. The molecule has 3 heteroatoms. The molecule has 1 saturated carbocycles. The fourth-order valence-electron chi connectivity index (χ4n) is 3.17. The third-order valence-corrected chi connectivity index (χ3v) is 4.88. The first kappa shape index (κ1) is 16.2. The molecule has 0 spiro atoms. The predicted octanol–water partition coefficient (Wildman–Crippen LogP) is 4.15. The van der Waals surface area contributed by atoms with Gasteiger partial charge in [0.25, 0.3) is 0 Å². The molecular formula is C18H30N2O. The normalized spacial score (nSPS) is 23.5. The Balaban J connectivity index is 1.96. The highest BCUT2D eigenvalue weighted by Crippen LogP contribution is 2.44. The van der Waals surface area contributed by atoms with Gasteiger partial charge in [0.05, 0.1) is 6.10 Å². The van der Waals surface area contributed by atoms with E-state index in [4.69, 9.17) is 4.74 Å². The van der Waals surface area contributed by atoms with Gasteiger partial charge in [0.1, 0.15) is 0 Å². The molecule has 2 rings (SSSR count). The van der Waals surface area contributed by atoms with E-state index in [1.54, 1.807) is 0 Å². The Kier molecular flexibility index (Phi) is 5.15. The number of rotatable bonds is 7. The van der Waals surface area contributed by atoms with Crippen LogP contribution in [0.1, 0.15) is 41.0 Å². The Morgan fingerprint density at radius 2 is 1.76 bits per heavy atom. The highest BCUT2D eigenvalue weighted by molar-refractivity contribution is 5.55. The fourth-order valence-corrected chi connectivity index (χ4v) is 3.17. The minimum Gasteiger partial charge on any atom is -0.382 e. The van der Waals surface area contributed by atoms with E-state index in [0.717, 1.165) is 26.1 Å².